The average molecular weight is 460 g/mol. The zero-order valence-electron chi connectivity index (χ0n) is 18.9. The largest absolute Gasteiger partial charge is 0.378 e. The van der Waals surface area contributed by atoms with Crippen LogP contribution in [0.25, 0.3) is 40.0 Å². The summed E-state index contributed by atoms with van der Waals surface area (Å²) in [6.07, 6.45) is 8.96. The summed E-state index contributed by atoms with van der Waals surface area (Å²) in [5.74, 6) is 0. The number of fused-ring (bicyclic) bond motifs is 2. The van der Waals surface area contributed by atoms with Gasteiger partial charge in [-0.25, -0.2) is 14.5 Å². The second-order valence-electron chi connectivity index (χ2n) is 8.23. The molecule has 4 aromatic heterocycles. The van der Waals surface area contributed by atoms with E-state index in [1.54, 1.807) is 18.6 Å². The molecule has 0 aliphatic carbocycles. The summed E-state index contributed by atoms with van der Waals surface area (Å²) in [6, 6.07) is 18.1. The highest BCUT2D eigenvalue weighted by molar-refractivity contribution is 5.84. The quantitative estimate of drug-likeness (QED) is 0.397. The van der Waals surface area contributed by atoms with Gasteiger partial charge in [0.1, 0.15) is 11.8 Å². The molecule has 5 aromatic rings. The average Bonchev–Trinajstić information content (AvgIpc) is 3.31. The third-order valence-corrected chi connectivity index (χ3v) is 6.05. The van der Waals surface area contributed by atoms with Gasteiger partial charge in [0, 0.05) is 36.4 Å². The number of hydrogen-bond acceptors (Lipinski definition) is 7. The van der Waals surface area contributed by atoms with Crippen molar-refractivity contribution < 1.29 is 4.74 Å². The van der Waals surface area contributed by atoms with Gasteiger partial charge in [-0.2, -0.15) is 10.4 Å². The zero-order valence-corrected chi connectivity index (χ0v) is 18.9. The van der Waals surface area contributed by atoms with E-state index in [4.69, 9.17) is 14.7 Å². The van der Waals surface area contributed by atoms with Gasteiger partial charge in [-0.3, -0.25) is 4.98 Å². The van der Waals surface area contributed by atoms with Gasteiger partial charge in [0.05, 0.1) is 47.6 Å². The maximum absolute atomic E-state index is 9.43. The molecule has 0 spiro atoms. The first-order chi connectivity index (χ1) is 17.3. The molecule has 0 amide bonds. The van der Waals surface area contributed by atoms with E-state index in [1.165, 1.54) is 0 Å². The van der Waals surface area contributed by atoms with E-state index in [0.29, 0.717) is 18.8 Å². The van der Waals surface area contributed by atoms with Crippen molar-refractivity contribution in [3.8, 4) is 17.3 Å². The second-order valence-corrected chi connectivity index (χ2v) is 8.23. The Morgan fingerprint density at radius 2 is 1.86 bits per heavy atom. The summed E-state index contributed by atoms with van der Waals surface area (Å²) in [5, 5.41) is 15.1. The molecular weight excluding hydrogens is 438 g/mol. The fourth-order valence-electron chi connectivity index (χ4n) is 4.36. The molecule has 35 heavy (non-hydrogen) atoms. The molecule has 1 aliphatic heterocycles. The van der Waals surface area contributed by atoms with Crippen LogP contribution in [0.5, 0.6) is 0 Å². The Morgan fingerprint density at radius 3 is 2.74 bits per heavy atom. The van der Waals surface area contributed by atoms with Crippen molar-refractivity contribution in [2.75, 3.05) is 31.2 Å². The highest BCUT2D eigenvalue weighted by Crippen LogP contribution is 2.30. The second kappa shape index (κ2) is 8.97. The van der Waals surface area contributed by atoms with Crippen LogP contribution in [0.2, 0.25) is 0 Å². The maximum atomic E-state index is 9.43. The summed E-state index contributed by atoms with van der Waals surface area (Å²) in [5.41, 5.74) is 6.27. The van der Waals surface area contributed by atoms with Crippen LogP contribution in [0.4, 0.5) is 5.69 Å². The van der Waals surface area contributed by atoms with Gasteiger partial charge in [-0.15, -0.1) is 0 Å². The highest BCUT2D eigenvalue weighted by atomic mass is 16.5. The number of anilines is 1. The first kappa shape index (κ1) is 21.0. The van der Waals surface area contributed by atoms with E-state index in [-0.39, 0.29) is 0 Å². The number of aromatic nitrogens is 5. The summed E-state index contributed by atoms with van der Waals surface area (Å²) in [4.78, 5) is 16.3. The molecule has 1 saturated heterocycles. The fourth-order valence-corrected chi connectivity index (χ4v) is 4.36. The Balaban J connectivity index is 1.51. The minimum atomic E-state index is 0.480. The van der Waals surface area contributed by atoms with Crippen LogP contribution in [0.3, 0.4) is 0 Å². The Bertz CT molecular complexity index is 1610. The van der Waals surface area contributed by atoms with Gasteiger partial charge in [-0.05, 0) is 36.4 Å². The minimum Gasteiger partial charge on any atom is -0.378 e. The Hall–Kier alpha value is -4.61. The number of pyridine rings is 2. The number of benzene rings is 1. The number of ether oxygens (including phenoxy) is 1. The fraction of sp³-hybridized carbons (Fsp3) is 0.148. The van der Waals surface area contributed by atoms with Crippen molar-refractivity contribution in [3.63, 3.8) is 0 Å². The Kier molecular flexibility index (Phi) is 5.37. The molecule has 6 rings (SSSR count). The van der Waals surface area contributed by atoms with Gasteiger partial charge >= 0.3 is 0 Å². The third kappa shape index (κ3) is 3.98. The smallest absolute Gasteiger partial charge is 0.178 e. The molecule has 0 N–H and O–H groups in total. The molecule has 8 heteroatoms. The van der Waals surface area contributed by atoms with Gasteiger partial charge in [0.2, 0.25) is 0 Å². The topological polar surface area (TPSA) is 92.2 Å². The first-order valence-corrected chi connectivity index (χ1v) is 11.4. The first-order valence-electron chi connectivity index (χ1n) is 11.4. The molecule has 0 saturated carbocycles. The number of para-hydroxylation sites is 1. The highest BCUT2D eigenvalue weighted by Gasteiger charge is 2.21. The maximum Gasteiger partial charge on any atom is 0.178 e. The van der Waals surface area contributed by atoms with Gasteiger partial charge in [0.15, 0.2) is 5.65 Å². The molecule has 0 bridgehead atoms. The summed E-state index contributed by atoms with van der Waals surface area (Å²) in [7, 11) is 0. The van der Waals surface area contributed by atoms with Crippen molar-refractivity contribution in [2.45, 2.75) is 0 Å². The SMILES string of the molecule is N#Cc1cncc(-c2c(C=Cc3ccc4ccccc4n3)nc3c(N4CCOCC4)ccnn23)c1. The van der Waals surface area contributed by atoms with E-state index in [9.17, 15) is 5.26 Å². The van der Waals surface area contributed by atoms with Crippen molar-refractivity contribution in [1.82, 2.24) is 24.6 Å². The van der Waals surface area contributed by atoms with Crippen molar-refractivity contribution in [1.29, 1.82) is 5.26 Å². The zero-order chi connectivity index (χ0) is 23.6. The molecule has 5 heterocycles. The van der Waals surface area contributed by atoms with E-state index in [1.807, 2.05) is 59.1 Å². The number of hydrogen-bond donors (Lipinski definition) is 0. The monoisotopic (exact) mass is 459 g/mol. The van der Waals surface area contributed by atoms with Gasteiger partial charge < -0.3 is 9.64 Å². The van der Waals surface area contributed by atoms with Crippen LogP contribution in [-0.4, -0.2) is 50.9 Å². The minimum absolute atomic E-state index is 0.480. The van der Waals surface area contributed by atoms with Crippen LogP contribution < -0.4 is 4.90 Å². The number of rotatable bonds is 4. The lowest BCUT2D eigenvalue weighted by Crippen LogP contribution is -2.36. The normalized spacial score (nSPS) is 14.1. The van der Waals surface area contributed by atoms with E-state index in [2.05, 4.69) is 27.1 Å². The van der Waals surface area contributed by atoms with Crippen LogP contribution in [0, 0.1) is 11.3 Å². The van der Waals surface area contributed by atoms with Gasteiger partial charge in [-0.1, -0.05) is 24.3 Å². The standard InChI is InChI=1S/C27H21N7O/c28-16-19-15-21(18-29-17-19)26-24(8-7-22-6-5-20-3-1-2-4-23(20)31-22)32-27-25(9-10-30-34(26)27)33-11-13-35-14-12-33/h1-10,15,17-18H,11-14H2. The number of morpholine rings is 1. The number of imidazole rings is 1. The molecule has 0 unspecified atom stereocenters. The van der Waals surface area contributed by atoms with Crippen molar-refractivity contribution >= 4 is 34.4 Å². The summed E-state index contributed by atoms with van der Waals surface area (Å²) in [6.45, 7) is 2.94. The Labute approximate surface area is 201 Å². The van der Waals surface area contributed by atoms with E-state index >= 15 is 0 Å². The molecule has 1 fully saturated rings. The molecule has 1 aromatic carbocycles. The molecule has 0 radical (unpaired) electrons. The number of nitriles is 1. The molecule has 1 aliphatic rings. The van der Waals surface area contributed by atoms with Crippen LogP contribution in [-0.2, 0) is 4.74 Å². The third-order valence-electron chi connectivity index (χ3n) is 6.05. The van der Waals surface area contributed by atoms with Crippen molar-refractivity contribution in [3.05, 3.63) is 84.1 Å². The molecular formula is C27H21N7O. The lowest BCUT2D eigenvalue weighted by atomic mass is 10.1. The van der Waals surface area contributed by atoms with E-state index < -0.39 is 0 Å². The number of nitrogens with zero attached hydrogens (tertiary/aromatic N) is 7. The van der Waals surface area contributed by atoms with Crippen LogP contribution in [0.1, 0.15) is 17.0 Å². The predicted octanol–water partition coefficient (Wildman–Crippen LogP) is 4.22. The van der Waals surface area contributed by atoms with Crippen LogP contribution >= 0.6 is 0 Å². The van der Waals surface area contributed by atoms with Gasteiger partial charge in [0.25, 0.3) is 0 Å². The summed E-state index contributed by atoms with van der Waals surface area (Å²) >= 11 is 0. The Morgan fingerprint density at radius 1 is 0.971 bits per heavy atom. The molecule has 0 atom stereocenters. The summed E-state index contributed by atoms with van der Waals surface area (Å²) < 4.78 is 7.36. The lowest BCUT2D eigenvalue weighted by Gasteiger charge is -2.28. The predicted molar refractivity (Wildman–Crippen MR) is 135 cm³/mol. The molecule has 8 nitrogen and oxygen atoms in total. The van der Waals surface area contributed by atoms with Crippen LogP contribution in [0.15, 0.2) is 67.1 Å². The lowest BCUT2D eigenvalue weighted by molar-refractivity contribution is 0.123. The van der Waals surface area contributed by atoms with Crippen molar-refractivity contribution in [2.24, 2.45) is 0 Å². The molecule has 170 valence electrons. The van der Waals surface area contributed by atoms with E-state index in [0.717, 1.165) is 58.0 Å².